The standard InChI is InChI=1S/C18H17FN4O2/c1-11(2)23-16(14-5-3-4-6-15(14)21-18(23)25)22-17(24)20-13-9-7-12(19)8-10-13/h3-11H,1-2H3,(H2,20,22,24). The molecule has 0 atom stereocenters. The molecular formula is C18H17FN4O2. The molecule has 1 heterocycles. The van der Waals surface area contributed by atoms with E-state index in [4.69, 9.17) is 0 Å². The fraction of sp³-hybridized carbons (Fsp3) is 0.167. The number of fused-ring (bicyclic) bond motifs is 1. The summed E-state index contributed by atoms with van der Waals surface area (Å²) in [6.07, 6.45) is 0. The molecule has 0 bridgehead atoms. The first kappa shape index (κ1) is 16.6. The Morgan fingerprint density at radius 3 is 2.44 bits per heavy atom. The maximum absolute atomic E-state index is 13.0. The second kappa shape index (κ2) is 6.72. The number of nitrogens with zero attached hydrogens (tertiary/aromatic N) is 2. The average molecular weight is 340 g/mol. The fourth-order valence-electron chi connectivity index (χ4n) is 2.56. The predicted octanol–water partition coefficient (Wildman–Crippen LogP) is 3.76. The quantitative estimate of drug-likeness (QED) is 0.762. The van der Waals surface area contributed by atoms with Crippen LogP contribution in [0.25, 0.3) is 10.9 Å². The molecule has 2 aromatic carbocycles. The third-order valence-electron chi connectivity index (χ3n) is 3.67. The Labute approximate surface area is 143 Å². The number of urea groups is 1. The highest BCUT2D eigenvalue weighted by Crippen LogP contribution is 2.23. The Kier molecular flexibility index (Phi) is 4.47. The number of para-hydroxylation sites is 1. The number of halogens is 1. The van der Waals surface area contributed by atoms with Crippen LogP contribution in [0.15, 0.2) is 53.3 Å². The zero-order chi connectivity index (χ0) is 18.0. The van der Waals surface area contributed by atoms with Gasteiger partial charge in [0.15, 0.2) is 0 Å². The molecule has 0 saturated heterocycles. The number of rotatable bonds is 3. The van der Waals surface area contributed by atoms with Gasteiger partial charge in [0.25, 0.3) is 0 Å². The largest absolute Gasteiger partial charge is 0.349 e. The van der Waals surface area contributed by atoms with Crippen molar-refractivity contribution in [3.63, 3.8) is 0 Å². The SMILES string of the molecule is CC(C)n1c(NC(=O)Nc2ccc(F)cc2)c2ccccc2nc1=O. The van der Waals surface area contributed by atoms with Crippen LogP contribution in [-0.4, -0.2) is 15.6 Å². The zero-order valence-electron chi connectivity index (χ0n) is 13.8. The first-order valence-electron chi connectivity index (χ1n) is 7.80. The molecule has 0 aliphatic rings. The molecule has 0 aliphatic carbocycles. The molecule has 7 heteroatoms. The molecule has 2 N–H and O–H groups in total. The van der Waals surface area contributed by atoms with Crippen molar-refractivity contribution in [2.75, 3.05) is 10.6 Å². The summed E-state index contributed by atoms with van der Waals surface area (Å²) >= 11 is 0. The highest BCUT2D eigenvalue weighted by Gasteiger charge is 2.16. The van der Waals surface area contributed by atoms with Gasteiger partial charge in [-0.1, -0.05) is 12.1 Å². The Morgan fingerprint density at radius 1 is 1.08 bits per heavy atom. The molecule has 0 saturated carbocycles. The van der Waals surface area contributed by atoms with Crippen molar-refractivity contribution in [2.45, 2.75) is 19.9 Å². The van der Waals surface area contributed by atoms with Crippen molar-refractivity contribution in [2.24, 2.45) is 0 Å². The maximum Gasteiger partial charge on any atom is 0.349 e. The molecule has 0 aliphatic heterocycles. The Morgan fingerprint density at radius 2 is 1.76 bits per heavy atom. The van der Waals surface area contributed by atoms with Gasteiger partial charge in [0.05, 0.1) is 5.52 Å². The molecule has 0 spiro atoms. The number of carbonyl (C=O) groups excluding carboxylic acids is 1. The van der Waals surface area contributed by atoms with Gasteiger partial charge in [-0.05, 0) is 50.2 Å². The lowest BCUT2D eigenvalue weighted by Crippen LogP contribution is -2.30. The van der Waals surface area contributed by atoms with Gasteiger partial charge < -0.3 is 5.32 Å². The number of benzene rings is 2. The van der Waals surface area contributed by atoms with E-state index < -0.39 is 11.7 Å². The monoisotopic (exact) mass is 340 g/mol. The van der Waals surface area contributed by atoms with Crippen molar-refractivity contribution >= 4 is 28.4 Å². The molecule has 0 fully saturated rings. The van der Waals surface area contributed by atoms with E-state index in [9.17, 15) is 14.0 Å². The smallest absolute Gasteiger partial charge is 0.308 e. The minimum Gasteiger partial charge on any atom is -0.308 e. The number of hydrogen-bond donors (Lipinski definition) is 2. The maximum atomic E-state index is 13.0. The predicted molar refractivity (Wildman–Crippen MR) is 95.4 cm³/mol. The number of nitrogens with one attached hydrogen (secondary N) is 2. The van der Waals surface area contributed by atoms with E-state index in [1.807, 2.05) is 19.9 Å². The molecular weight excluding hydrogens is 323 g/mol. The zero-order valence-corrected chi connectivity index (χ0v) is 13.8. The lowest BCUT2D eigenvalue weighted by Gasteiger charge is -2.18. The van der Waals surface area contributed by atoms with Crippen molar-refractivity contribution in [3.05, 3.63) is 64.8 Å². The summed E-state index contributed by atoms with van der Waals surface area (Å²) in [5, 5.41) is 5.99. The number of amides is 2. The van der Waals surface area contributed by atoms with Crippen LogP contribution in [0.1, 0.15) is 19.9 Å². The first-order chi connectivity index (χ1) is 12.0. The molecule has 1 aromatic heterocycles. The molecule has 3 rings (SSSR count). The van der Waals surface area contributed by atoms with Gasteiger partial charge in [-0.15, -0.1) is 0 Å². The van der Waals surface area contributed by atoms with Gasteiger partial charge in [-0.3, -0.25) is 9.88 Å². The number of anilines is 2. The number of hydrogen-bond acceptors (Lipinski definition) is 3. The Balaban J connectivity index is 1.99. The minimum absolute atomic E-state index is 0.189. The molecule has 2 amide bonds. The summed E-state index contributed by atoms with van der Waals surface area (Å²) in [4.78, 5) is 28.7. The summed E-state index contributed by atoms with van der Waals surface area (Å²) in [6.45, 7) is 3.67. The van der Waals surface area contributed by atoms with Crippen LogP contribution in [0.5, 0.6) is 0 Å². The van der Waals surface area contributed by atoms with Crippen molar-refractivity contribution in [1.82, 2.24) is 9.55 Å². The second-order valence-corrected chi connectivity index (χ2v) is 5.81. The van der Waals surface area contributed by atoms with E-state index >= 15 is 0 Å². The summed E-state index contributed by atoms with van der Waals surface area (Å²) in [7, 11) is 0. The van der Waals surface area contributed by atoms with Crippen molar-refractivity contribution in [1.29, 1.82) is 0 Å². The third kappa shape index (κ3) is 3.50. The average Bonchev–Trinajstić information content (AvgIpc) is 2.56. The highest BCUT2D eigenvalue weighted by molar-refractivity contribution is 6.04. The number of aromatic nitrogens is 2. The first-order valence-corrected chi connectivity index (χ1v) is 7.80. The van der Waals surface area contributed by atoms with Gasteiger partial charge in [0.1, 0.15) is 11.6 Å². The van der Waals surface area contributed by atoms with E-state index in [2.05, 4.69) is 15.6 Å². The Hall–Kier alpha value is -3.22. The molecule has 0 unspecified atom stereocenters. The van der Waals surface area contributed by atoms with Crippen LogP contribution in [0.4, 0.5) is 20.7 Å². The van der Waals surface area contributed by atoms with Gasteiger partial charge in [0.2, 0.25) is 0 Å². The van der Waals surface area contributed by atoms with Crippen LogP contribution in [0, 0.1) is 5.82 Å². The van der Waals surface area contributed by atoms with E-state index in [1.54, 1.807) is 18.2 Å². The van der Waals surface area contributed by atoms with Crippen molar-refractivity contribution < 1.29 is 9.18 Å². The lowest BCUT2D eigenvalue weighted by molar-refractivity contribution is 0.262. The summed E-state index contributed by atoms with van der Waals surface area (Å²) < 4.78 is 14.4. The number of carbonyl (C=O) groups is 1. The molecule has 128 valence electrons. The van der Waals surface area contributed by atoms with Crippen LogP contribution < -0.4 is 16.3 Å². The molecule has 0 radical (unpaired) electrons. The summed E-state index contributed by atoms with van der Waals surface area (Å²) in [5.41, 5.74) is 0.503. The topological polar surface area (TPSA) is 76.0 Å². The lowest BCUT2D eigenvalue weighted by atomic mass is 10.2. The van der Waals surface area contributed by atoms with Gasteiger partial charge in [-0.25, -0.2) is 14.0 Å². The van der Waals surface area contributed by atoms with E-state index in [1.165, 1.54) is 28.8 Å². The summed E-state index contributed by atoms with van der Waals surface area (Å²) in [5.74, 6) is -0.0232. The molecule has 3 aromatic rings. The van der Waals surface area contributed by atoms with Gasteiger partial charge in [0, 0.05) is 17.1 Å². The van der Waals surface area contributed by atoms with Crippen LogP contribution in [0.3, 0.4) is 0 Å². The second-order valence-electron chi connectivity index (χ2n) is 5.81. The van der Waals surface area contributed by atoms with Gasteiger partial charge in [-0.2, -0.15) is 4.98 Å². The van der Waals surface area contributed by atoms with Crippen LogP contribution >= 0.6 is 0 Å². The van der Waals surface area contributed by atoms with Crippen LogP contribution in [-0.2, 0) is 0 Å². The Bertz CT molecular complexity index is 981. The minimum atomic E-state index is -0.531. The van der Waals surface area contributed by atoms with E-state index in [0.717, 1.165) is 0 Å². The van der Waals surface area contributed by atoms with E-state index in [-0.39, 0.29) is 11.9 Å². The fourth-order valence-corrected chi connectivity index (χ4v) is 2.56. The van der Waals surface area contributed by atoms with Crippen LogP contribution in [0.2, 0.25) is 0 Å². The normalized spacial score (nSPS) is 10.9. The third-order valence-corrected chi connectivity index (χ3v) is 3.67. The van der Waals surface area contributed by atoms with Crippen molar-refractivity contribution in [3.8, 4) is 0 Å². The molecule has 25 heavy (non-hydrogen) atoms. The summed E-state index contributed by atoms with van der Waals surface area (Å²) in [6, 6.07) is 11.8. The highest BCUT2D eigenvalue weighted by atomic mass is 19.1. The van der Waals surface area contributed by atoms with E-state index in [0.29, 0.717) is 22.4 Å². The van der Waals surface area contributed by atoms with Gasteiger partial charge >= 0.3 is 11.7 Å². The molecule has 6 nitrogen and oxygen atoms in total.